The SMILES string of the molecule is [CH2]CCCCCCCC1C=CCCC1. The molecule has 0 aliphatic heterocycles. The third-order valence-corrected chi connectivity index (χ3v) is 3.18. The van der Waals surface area contributed by atoms with Gasteiger partial charge in [0.05, 0.1) is 0 Å². The van der Waals surface area contributed by atoms with E-state index in [-0.39, 0.29) is 0 Å². The molecule has 1 aliphatic carbocycles. The summed E-state index contributed by atoms with van der Waals surface area (Å²) in [7, 11) is 0. The molecule has 0 amide bonds. The maximum atomic E-state index is 3.87. The molecule has 0 aromatic carbocycles. The van der Waals surface area contributed by atoms with Crippen molar-refractivity contribution in [3.63, 3.8) is 0 Å². The molecule has 1 atom stereocenters. The number of hydrogen-bond acceptors (Lipinski definition) is 0. The highest BCUT2D eigenvalue weighted by Crippen LogP contribution is 2.22. The van der Waals surface area contributed by atoms with Crippen molar-refractivity contribution in [3.8, 4) is 0 Å². The summed E-state index contributed by atoms with van der Waals surface area (Å²) in [4.78, 5) is 0. The Bertz CT molecular complexity index is 146. The van der Waals surface area contributed by atoms with Gasteiger partial charge in [-0.15, -0.1) is 0 Å². The first-order chi connectivity index (χ1) is 6.93. The van der Waals surface area contributed by atoms with Crippen molar-refractivity contribution >= 4 is 0 Å². The molecular weight excluding hydrogens is 168 g/mol. The van der Waals surface area contributed by atoms with E-state index in [0.29, 0.717) is 0 Å². The fourth-order valence-electron chi connectivity index (χ4n) is 2.24. The molecule has 0 aromatic heterocycles. The van der Waals surface area contributed by atoms with Gasteiger partial charge in [-0.05, 0) is 31.6 Å². The molecule has 14 heavy (non-hydrogen) atoms. The molecule has 0 nitrogen and oxygen atoms in total. The first-order valence-corrected chi connectivity index (χ1v) is 6.39. The van der Waals surface area contributed by atoms with Gasteiger partial charge >= 0.3 is 0 Å². The van der Waals surface area contributed by atoms with Gasteiger partial charge in [-0.25, -0.2) is 0 Å². The lowest BCUT2D eigenvalue weighted by molar-refractivity contribution is 0.470. The van der Waals surface area contributed by atoms with Crippen LogP contribution in [0.3, 0.4) is 0 Å². The van der Waals surface area contributed by atoms with E-state index in [4.69, 9.17) is 0 Å². The Balaban J connectivity index is 1.88. The van der Waals surface area contributed by atoms with Crippen molar-refractivity contribution in [1.82, 2.24) is 0 Å². The fraction of sp³-hybridized carbons (Fsp3) is 0.786. The Labute approximate surface area is 89.8 Å². The van der Waals surface area contributed by atoms with E-state index in [2.05, 4.69) is 19.1 Å². The Morgan fingerprint density at radius 2 is 1.86 bits per heavy atom. The van der Waals surface area contributed by atoms with Crippen molar-refractivity contribution < 1.29 is 0 Å². The average molecular weight is 193 g/mol. The lowest BCUT2D eigenvalue weighted by Gasteiger charge is -2.15. The summed E-state index contributed by atoms with van der Waals surface area (Å²) in [5.41, 5.74) is 0. The second-order valence-corrected chi connectivity index (χ2v) is 4.53. The minimum Gasteiger partial charge on any atom is -0.0883 e. The van der Waals surface area contributed by atoms with Crippen LogP contribution in [0.2, 0.25) is 0 Å². The largest absolute Gasteiger partial charge is 0.0883 e. The predicted octanol–water partition coefficient (Wildman–Crippen LogP) is 4.91. The molecule has 0 bridgehead atoms. The summed E-state index contributed by atoms with van der Waals surface area (Å²) in [5.74, 6) is 0.914. The summed E-state index contributed by atoms with van der Waals surface area (Å²) in [5, 5.41) is 0. The van der Waals surface area contributed by atoms with Gasteiger partial charge in [-0.3, -0.25) is 0 Å². The molecule has 0 fully saturated rings. The van der Waals surface area contributed by atoms with Crippen LogP contribution in [0.5, 0.6) is 0 Å². The van der Waals surface area contributed by atoms with Crippen LogP contribution < -0.4 is 0 Å². The summed E-state index contributed by atoms with van der Waals surface area (Å²) in [6.07, 6.45) is 18.6. The first kappa shape index (κ1) is 11.8. The smallest absolute Gasteiger partial charge is 0.0233 e. The van der Waals surface area contributed by atoms with E-state index in [1.807, 2.05) is 0 Å². The molecule has 0 aromatic rings. The van der Waals surface area contributed by atoms with E-state index >= 15 is 0 Å². The molecule has 0 N–H and O–H groups in total. The van der Waals surface area contributed by atoms with Crippen molar-refractivity contribution in [2.24, 2.45) is 5.92 Å². The second-order valence-electron chi connectivity index (χ2n) is 4.53. The third-order valence-electron chi connectivity index (χ3n) is 3.18. The van der Waals surface area contributed by atoms with Crippen molar-refractivity contribution in [1.29, 1.82) is 0 Å². The standard InChI is InChI=1S/C14H25/c1-2-3-4-5-6-8-11-14-12-9-7-10-13-14/h9,12,14H,1-8,10-11,13H2. The van der Waals surface area contributed by atoms with Crippen LogP contribution in [-0.2, 0) is 0 Å². The second kappa shape index (κ2) is 8.08. The lowest BCUT2D eigenvalue weighted by Crippen LogP contribution is -2.00. The predicted molar refractivity (Wildman–Crippen MR) is 64.2 cm³/mol. The zero-order valence-electron chi connectivity index (χ0n) is 9.51. The van der Waals surface area contributed by atoms with Gasteiger partial charge in [0.2, 0.25) is 0 Å². The van der Waals surface area contributed by atoms with E-state index in [1.165, 1.54) is 57.8 Å². The minimum atomic E-state index is 0.914. The molecule has 1 radical (unpaired) electrons. The molecule has 1 unspecified atom stereocenters. The van der Waals surface area contributed by atoms with Gasteiger partial charge in [-0.2, -0.15) is 0 Å². The maximum Gasteiger partial charge on any atom is -0.0233 e. The van der Waals surface area contributed by atoms with Crippen LogP contribution >= 0.6 is 0 Å². The van der Waals surface area contributed by atoms with Gasteiger partial charge in [0.1, 0.15) is 0 Å². The summed E-state index contributed by atoms with van der Waals surface area (Å²) in [6, 6.07) is 0. The molecule has 1 rings (SSSR count). The zero-order valence-corrected chi connectivity index (χ0v) is 9.51. The summed E-state index contributed by atoms with van der Waals surface area (Å²) < 4.78 is 0. The molecule has 81 valence electrons. The van der Waals surface area contributed by atoms with Crippen molar-refractivity contribution in [2.75, 3.05) is 0 Å². The van der Waals surface area contributed by atoms with E-state index < -0.39 is 0 Å². The Morgan fingerprint density at radius 1 is 1.07 bits per heavy atom. The lowest BCUT2D eigenvalue weighted by atomic mass is 9.91. The monoisotopic (exact) mass is 193 g/mol. The topological polar surface area (TPSA) is 0 Å². The Kier molecular flexibility index (Phi) is 6.82. The van der Waals surface area contributed by atoms with Gasteiger partial charge in [0.25, 0.3) is 0 Å². The van der Waals surface area contributed by atoms with Gasteiger partial charge in [-0.1, -0.05) is 57.6 Å². The highest BCUT2D eigenvalue weighted by Gasteiger charge is 2.06. The maximum absolute atomic E-state index is 3.87. The zero-order chi connectivity index (χ0) is 10.1. The van der Waals surface area contributed by atoms with E-state index in [9.17, 15) is 0 Å². The quantitative estimate of drug-likeness (QED) is 0.398. The van der Waals surface area contributed by atoms with Crippen molar-refractivity contribution in [3.05, 3.63) is 19.1 Å². The normalized spacial score (nSPS) is 21.4. The third kappa shape index (κ3) is 5.47. The van der Waals surface area contributed by atoms with Gasteiger partial charge in [0, 0.05) is 0 Å². The van der Waals surface area contributed by atoms with Crippen LogP contribution in [0.1, 0.15) is 64.2 Å². The number of allylic oxidation sites excluding steroid dienone is 2. The fourth-order valence-corrected chi connectivity index (χ4v) is 2.24. The molecule has 0 saturated heterocycles. The first-order valence-electron chi connectivity index (χ1n) is 6.39. The molecule has 0 spiro atoms. The van der Waals surface area contributed by atoms with E-state index in [0.717, 1.165) is 12.3 Å². The number of hydrogen-bond donors (Lipinski definition) is 0. The van der Waals surface area contributed by atoms with E-state index in [1.54, 1.807) is 0 Å². The molecule has 0 saturated carbocycles. The molecular formula is C14H25. The minimum absolute atomic E-state index is 0.914. The average Bonchev–Trinajstić information content (AvgIpc) is 2.25. The summed E-state index contributed by atoms with van der Waals surface area (Å²) in [6.45, 7) is 3.87. The number of rotatable bonds is 7. The summed E-state index contributed by atoms with van der Waals surface area (Å²) >= 11 is 0. The Morgan fingerprint density at radius 3 is 2.57 bits per heavy atom. The van der Waals surface area contributed by atoms with Crippen LogP contribution in [0.15, 0.2) is 12.2 Å². The molecule has 1 aliphatic rings. The van der Waals surface area contributed by atoms with Crippen LogP contribution in [0.4, 0.5) is 0 Å². The van der Waals surface area contributed by atoms with Gasteiger partial charge < -0.3 is 0 Å². The van der Waals surface area contributed by atoms with Crippen molar-refractivity contribution in [2.45, 2.75) is 64.2 Å². The van der Waals surface area contributed by atoms with Crippen LogP contribution in [0.25, 0.3) is 0 Å². The van der Waals surface area contributed by atoms with Crippen LogP contribution in [0, 0.1) is 12.8 Å². The molecule has 0 heterocycles. The highest BCUT2D eigenvalue weighted by atomic mass is 14.1. The molecule has 0 heteroatoms. The van der Waals surface area contributed by atoms with Crippen LogP contribution in [-0.4, -0.2) is 0 Å². The highest BCUT2D eigenvalue weighted by molar-refractivity contribution is 4.92. The van der Waals surface area contributed by atoms with Gasteiger partial charge in [0.15, 0.2) is 0 Å². The Hall–Kier alpha value is -0.260. The number of unbranched alkanes of at least 4 members (excludes halogenated alkanes) is 5.